The van der Waals surface area contributed by atoms with Crippen LogP contribution < -0.4 is 0 Å². The van der Waals surface area contributed by atoms with Crippen LogP contribution in [0.4, 0.5) is 0 Å². The first-order valence-corrected chi connectivity index (χ1v) is 10.0. The highest BCUT2D eigenvalue weighted by Crippen LogP contribution is 2.45. The van der Waals surface area contributed by atoms with E-state index in [1.165, 1.54) is 24.1 Å². The molecule has 0 N–H and O–H groups in total. The maximum atomic E-state index is 5.61. The molecule has 2 aromatic heterocycles. The number of likely N-dealkylation sites (tertiary alicyclic amines) is 2. The third-order valence-corrected chi connectivity index (χ3v) is 6.42. The molecule has 1 unspecified atom stereocenters. The van der Waals surface area contributed by atoms with Crippen LogP contribution in [-0.2, 0) is 17.8 Å². The number of ether oxygens (including phenoxy) is 1. The van der Waals surface area contributed by atoms with Crippen LogP contribution >= 0.6 is 0 Å². The Morgan fingerprint density at radius 2 is 2.04 bits per heavy atom. The molecule has 0 bridgehead atoms. The number of hydrogen-bond acceptors (Lipinski definition) is 5. The molecule has 1 spiro atoms. The predicted molar refractivity (Wildman–Crippen MR) is 105 cm³/mol. The fourth-order valence-corrected chi connectivity index (χ4v) is 4.98. The van der Waals surface area contributed by atoms with E-state index in [1.54, 1.807) is 6.26 Å². The van der Waals surface area contributed by atoms with Crippen molar-refractivity contribution in [2.24, 2.45) is 11.3 Å². The summed E-state index contributed by atoms with van der Waals surface area (Å²) in [6.07, 6.45) is 6.13. The Bertz CT molecular complexity index is 723. The smallest absolute Gasteiger partial charge is 0.0947 e. The summed E-state index contributed by atoms with van der Waals surface area (Å²) in [6, 6.07) is 8.41. The number of methoxy groups -OCH3 is 1. The second kappa shape index (κ2) is 8.13. The SMILES string of the molecule is COCC1CN(Cc2cccc(C)n2)CC12CCN(Cc1ccoc1)CC2. The molecule has 2 aliphatic rings. The zero-order chi connectivity index (χ0) is 18.7. The molecule has 4 rings (SSSR count). The van der Waals surface area contributed by atoms with Crippen LogP contribution in [0.2, 0.25) is 0 Å². The summed E-state index contributed by atoms with van der Waals surface area (Å²) in [7, 11) is 1.84. The highest BCUT2D eigenvalue weighted by Gasteiger charge is 2.47. The lowest BCUT2D eigenvalue weighted by Crippen LogP contribution is -2.44. The highest BCUT2D eigenvalue weighted by molar-refractivity contribution is 5.11. The molecule has 2 aliphatic heterocycles. The van der Waals surface area contributed by atoms with Crippen molar-refractivity contribution >= 4 is 0 Å². The van der Waals surface area contributed by atoms with Gasteiger partial charge in [-0.25, -0.2) is 0 Å². The molecule has 0 saturated carbocycles. The van der Waals surface area contributed by atoms with Crippen molar-refractivity contribution in [2.75, 3.05) is 39.9 Å². The summed E-state index contributed by atoms with van der Waals surface area (Å²) in [5.74, 6) is 0.614. The quantitative estimate of drug-likeness (QED) is 0.781. The van der Waals surface area contributed by atoms with Gasteiger partial charge in [0.25, 0.3) is 0 Å². The number of aromatic nitrogens is 1. The van der Waals surface area contributed by atoms with E-state index in [1.807, 2.05) is 13.4 Å². The molecule has 5 heteroatoms. The van der Waals surface area contributed by atoms with Gasteiger partial charge in [0.05, 0.1) is 24.8 Å². The summed E-state index contributed by atoms with van der Waals surface area (Å²) in [6.45, 7) is 9.46. The number of nitrogens with zero attached hydrogens (tertiary/aromatic N) is 3. The molecule has 0 aliphatic carbocycles. The number of hydrogen-bond donors (Lipinski definition) is 0. The van der Waals surface area contributed by atoms with Gasteiger partial charge in [-0.15, -0.1) is 0 Å². The minimum Gasteiger partial charge on any atom is -0.472 e. The van der Waals surface area contributed by atoms with Crippen molar-refractivity contribution in [3.63, 3.8) is 0 Å². The third-order valence-electron chi connectivity index (χ3n) is 6.42. The van der Waals surface area contributed by atoms with Crippen LogP contribution in [0.15, 0.2) is 41.2 Å². The Labute approximate surface area is 162 Å². The Hall–Kier alpha value is -1.69. The van der Waals surface area contributed by atoms with Gasteiger partial charge in [-0.2, -0.15) is 0 Å². The standard InChI is InChI=1S/C22H31N3O2/c1-18-4-3-5-21(23-18)14-25-13-20(16-26-2)22(17-25)7-9-24(10-8-22)12-19-6-11-27-15-19/h3-6,11,15,20H,7-10,12-14,16-17H2,1-2H3. The molecular weight excluding hydrogens is 338 g/mol. The lowest BCUT2D eigenvalue weighted by atomic mass is 9.71. The lowest BCUT2D eigenvalue weighted by Gasteiger charge is -2.42. The highest BCUT2D eigenvalue weighted by atomic mass is 16.5. The minimum absolute atomic E-state index is 0.382. The summed E-state index contributed by atoms with van der Waals surface area (Å²) >= 11 is 0. The molecule has 146 valence electrons. The Morgan fingerprint density at radius 3 is 2.74 bits per heavy atom. The second-order valence-corrected chi connectivity index (χ2v) is 8.36. The second-order valence-electron chi connectivity index (χ2n) is 8.36. The van der Waals surface area contributed by atoms with E-state index in [0.29, 0.717) is 11.3 Å². The van der Waals surface area contributed by atoms with Gasteiger partial charge < -0.3 is 9.15 Å². The molecule has 2 fully saturated rings. The molecular formula is C22H31N3O2. The van der Waals surface area contributed by atoms with Crippen molar-refractivity contribution in [2.45, 2.75) is 32.9 Å². The molecule has 27 heavy (non-hydrogen) atoms. The zero-order valence-electron chi connectivity index (χ0n) is 16.6. The maximum Gasteiger partial charge on any atom is 0.0947 e. The summed E-state index contributed by atoms with van der Waals surface area (Å²) in [5.41, 5.74) is 3.94. The van der Waals surface area contributed by atoms with E-state index in [0.717, 1.165) is 51.6 Å². The van der Waals surface area contributed by atoms with Crippen molar-refractivity contribution in [3.05, 3.63) is 53.7 Å². The van der Waals surface area contributed by atoms with Gasteiger partial charge in [0.15, 0.2) is 0 Å². The van der Waals surface area contributed by atoms with Crippen LogP contribution in [0, 0.1) is 18.3 Å². The lowest BCUT2D eigenvalue weighted by molar-refractivity contribution is 0.0350. The first-order chi connectivity index (χ1) is 13.2. The third kappa shape index (κ3) is 4.26. The number of piperidine rings is 1. The van der Waals surface area contributed by atoms with E-state index >= 15 is 0 Å². The van der Waals surface area contributed by atoms with E-state index in [2.05, 4.69) is 41.0 Å². The largest absolute Gasteiger partial charge is 0.472 e. The van der Waals surface area contributed by atoms with E-state index in [-0.39, 0.29) is 0 Å². The molecule has 4 heterocycles. The first-order valence-electron chi connectivity index (χ1n) is 10.0. The van der Waals surface area contributed by atoms with Gasteiger partial charge in [-0.3, -0.25) is 14.8 Å². The van der Waals surface area contributed by atoms with E-state index < -0.39 is 0 Å². The van der Waals surface area contributed by atoms with Gasteiger partial charge in [-0.05, 0) is 56.5 Å². The average molecular weight is 370 g/mol. The van der Waals surface area contributed by atoms with Crippen molar-refractivity contribution in [1.82, 2.24) is 14.8 Å². The van der Waals surface area contributed by atoms with Crippen LogP contribution in [0.1, 0.15) is 29.8 Å². The zero-order valence-corrected chi connectivity index (χ0v) is 16.6. The average Bonchev–Trinajstić information content (AvgIpc) is 3.26. The summed E-state index contributed by atoms with van der Waals surface area (Å²) in [5, 5.41) is 0. The van der Waals surface area contributed by atoms with Gasteiger partial charge in [0, 0.05) is 50.5 Å². The molecule has 1 atom stereocenters. The fourth-order valence-electron chi connectivity index (χ4n) is 4.98. The van der Waals surface area contributed by atoms with Crippen LogP contribution in [0.3, 0.4) is 0 Å². The number of pyridine rings is 1. The Balaban J connectivity index is 1.40. The van der Waals surface area contributed by atoms with E-state index in [9.17, 15) is 0 Å². The molecule has 2 saturated heterocycles. The summed E-state index contributed by atoms with van der Waals surface area (Å²) < 4.78 is 10.8. The van der Waals surface area contributed by atoms with Gasteiger partial charge in [-0.1, -0.05) is 6.07 Å². The monoisotopic (exact) mass is 369 g/mol. The molecule has 0 amide bonds. The van der Waals surface area contributed by atoms with Crippen LogP contribution in [0.5, 0.6) is 0 Å². The topological polar surface area (TPSA) is 41.7 Å². The van der Waals surface area contributed by atoms with Crippen LogP contribution in [-0.4, -0.2) is 54.7 Å². The van der Waals surface area contributed by atoms with Crippen molar-refractivity contribution in [1.29, 1.82) is 0 Å². The van der Waals surface area contributed by atoms with Gasteiger partial charge in [0.1, 0.15) is 0 Å². The normalized spacial score (nSPS) is 23.3. The van der Waals surface area contributed by atoms with E-state index in [4.69, 9.17) is 14.1 Å². The summed E-state index contributed by atoms with van der Waals surface area (Å²) in [4.78, 5) is 9.86. The van der Waals surface area contributed by atoms with Gasteiger partial charge in [0.2, 0.25) is 0 Å². The first kappa shape index (κ1) is 18.7. The maximum absolute atomic E-state index is 5.61. The number of rotatable bonds is 6. The molecule has 2 aromatic rings. The Morgan fingerprint density at radius 1 is 1.19 bits per heavy atom. The minimum atomic E-state index is 0.382. The number of furan rings is 1. The fraction of sp³-hybridized carbons (Fsp3) is 0.591. The van der Waals surface area contributed by atoms with Crippen molar-refractivity contribution in [3.8, 4) is 0 Å². The van der Waals surface area contributed by atoms with Gasteiger partial charge >= 0.3 is 0 Å². The van der Waals surface area contributed by atoms with Crippen LogP contribution in [0.25, 0.3) is 0 Å². The molecule has 0 aromatic carbocycles. The molecule has 5 nitrogen and oxygen atoms in total. The van der Waals surface area contributed by atoms with Crippen molar-refractivity contribution < 1.29 is 9.15 Å². The Kier molecular flexibility index (Phi) is 5.62. The predicted octanol–water partition coefficient (Wildman–Crippen LogP) is 3.34. The number of aryl methyl sites for hydroxylation is 1. The molecule has 0 radical (unpaired) electrons.